The third kappa shape index (κ3) is 3.79. The van der Waals surface area contributed by atoms with Crippen molar-refractivity contribution in [2.45, 2.75) is 12.8 Å². The van der Waals surface area contributed by atoms with Crippen molar-refractivity contribution in [3.63, 3.8) is 0 Å². The van der Waals surface area contributed by atoms with Crippen LogP contribution < -0.4 is 10.6 Å². The molecule has 1 aliphatic carbocycles. The Labute approximate surface area is 235 Å². The standard InChI is InChI=1S/C38H30N2/c1-2-9-34-33(8-1)36-11-3-10-35-32(16-17-37(34)38(35)36)26-14-12-25(13-15-26)29-20-30(27-6-4-18-39-23-27)22-31(21-29)28-7-5-19-40-24-28/h1-4,6,8-18,20-22,24,39-40H,5,7,19,23H2. The number of hydrogen-bond acceptors (Lipinski definition) is 2. The summed E-state index contributed by atoms with van der Waals surface area (Å²) in [6, 6.07) is 36.3. The molecule has 2 aliphatic heterocycles. The van der Waals surface area contributed by atoms with Crippen LogP contribution in [0.2, 0.25) is 0 Å². The first kappa shape index (κ1) is 23.1. The highest BCUT2D eigenvalue weighted by atomic mass is 14.8. The highest BCUT2D eigenvalue weighted by molar-refractivity contribution is 6.18. The van der Waals surface area contributed by atoms with Gasteiger partial charge in [-0.25, -0.2) is 0 Å². The third-order valence-corrected chi connectivity index (χ3v) is 8.60. The van der Waals surface area contributed by atoms with Crippen LogP contribution in [0.4, 0.5) is 0 Å². The van der Waals surface area contributed by atoms with Gasteiger partial charge in [-0.1, -0.05) is 84.9 Å². The van der Waals surface area contributed by atoms with Crippen molar-refractivity contribution in [2.24, 2.45) is 0 Å². The summed E-state index contributed by atoms with van der Waals surface area (Å²) in [5.74, 6) is 0. The van der Waals surface area contributed by atoms with Gasteiger partial charge in [-0.15, -0.1) is 0 Å². The van der Waals surface area contributed by atoms with E-state index in [1.165, 1.54) is 84.0 Å². The second kappa shape index (κ2) is 9.43. The minimum Gasteiger partial charge on any atom is -0.391 e. The number of rotatable bonds is 4. The van der Waals surface area contributed by atoms with Gasteiger partial charge >= 0.3 is 0 Å². The second-order valence-corrected chi connectivity index (χ2v) is 11.0. The molecule has 0 saturated carbocycles. The van der Waals surface area contributed by atoms with Crippen LogP contribution in [0.25, 0.3) is 66.4 Å². The van der Waals surface area contributed by atoms with Gasteiger partial charge in [0.25, 0.3) is 0 Å². The second-order valence-electron chi connectivity index (χ2n) is 11.0. The molecule has 5 aromatic carbocycles. The van der Waals surface area contributed by atoms with E-state index in [-0.39, 0.29) is 0 Å². The Morgan fingerprint density at radius 2 is 1.23 bits per heavy atom. The van der Waals surface area contributed by atoms with Crippen LogP contribution in [0.3, 0.4) is 0 Å². The number of fused-ring (bicyclic) bond motifs is 3. The molecule has 0 spiro atoms. The Hall–Kier alpha value is -4.82. The molecule has 2 N–H and O–H groups in total. The van der Waals surface area contributed by atoms with E-state index in [4.69, 9.17) is 0 Å². The maximum atomic E-state index is 3.45. The summed E-state index contributed by atoms with van der Waals surface area (Å²) in [5, 5.41) is 9.52. The molecule has 40 heavy (non-hydrogen) atoms. The molecule has 192 valence electrons. The number of allylic oxidation sites excluding steroid dienone is 3. The van der Waals surface area contributed by atoms with Gasteiger partial charge in [0.2, 0.25) is 0 Å². The van der Waals surface area contributed by atoms with Crippen molar-refractivity contribution in [3.05, 3.63) is 133 Å². The van der Waals surface area contributed by atoms with E-state index >= 15 is 0 Å². The molecule has 0 saturated heterocycles. The van der Waals surface area contributed by atoms with E-state index in [0.717, 1.165) is 19.5 Å². The Morgan fingerprint density at radius 1 is 0.525 bits per heavy atom. The molecule has 3 aliphatic rings. The fourth-order valence-electron chi connectivity index (χ4n) is 6.60. The SMILES string of the molecule is C1=CNCC(c2cc(C3=CNCCC3)cc(-c3ccc(-c4ccc5c6c(cccc46)-c4ccccc4-5)cc3)c2)=C1. The lowest BCUT2D eigenvalue weighted by atomic mass is 9.90. The fourth-order valence-corrected chi connectivity index (χ4v) is 6.60. The summed E-state index contributed by atoms with van der Waals surface area (Å²) >= 11 is 0. The summed E-state index contributed by atoms with van der Waals surface area (Å²) in [6.07, 6.45) is 10.8. The monoisotopic (exact) mass is 514 g/mol. The van der Waals surface area contributed by atoms with Gasteiger partial charge in [0.1, 0.15) is 0 Å². The lowest BCUT2D eigenvalue weighted by Gasteiger charge is -2.19. The molecule has 2 nitrogen and oxygen atoms in total. The van der Waals surface area contributed by atoms with Crippen LogP contribution in [0, 0.1) is 0 Å². The quantitative estimate of drug-likeness (QED) is 0.245. The maximum absolute atomic E-state index is 3.45. The minimum absolute atomic E-state index is 0.852. The number of hydrogen-bond donors (Lipinski definition) is 2. The molecule has 0 bridgehead atoms. The molecule has 0 atom stereocenters. The van der Waals surface area contributed by atoms with Crippen LogP contribution in [0.15, 0.2) is 122 Å². The Morgan fingerprint density at radius 3 is 1.98 bits per heavy atom. The van der Waals surface area contributed by atoms with Gasteiger partial charge in [-0.3, -0.25) is 0 Å². The van der Waals surface area contributed by atoms with Crippen molar-refractivity contribution in [1.82, 2.24) is 10.6 Å². The fraction of sp³-hybridized carbons (Fsp3) is 0.105. The molecule has 2 heterocycles. The molecule has 0 fully saturated rings. The van der Waals surface area contributed by atoms with E-state index < -0.39 is 0 Å². The molecule has 8 rings (SSSR count). The van der Waals surface area contributed by atoms with E-state index in [1.807, 2.05) is 6.20 Å². The lowest BCUT2D eigenvalue weighted by Crippen LogP contribution is -2.14. The number of dihydropyridines is 1. The highest BCUT2D eigenvalue weighted by Crippen LogP contribution is 2.49. The smallest absolute Gasteiger partial charge is 0.0401 e. The summed E-state index contributed by atoms with van der Waals surface area (Å²) in [5.41, 5.74) is 15.7. The van der Waals surface area contributed by atoms with Crippen LogP contribution >= 0.6 is 0 Å². The largest absolute Gasteiger partial charge is 0.391 e. The average Bonchev–Trinajstić information content (AvgIpc) is 3.37. The molecule has 0 amide bonds. The van der Waals surface area contributed by atoms with Crippen molar-refractivity contribution in [3.8, 4) is 44.5 Å². The zero-order valence-corrected chi connectivity index (χ0v) is 22.4. The number of nitrogens with one attached hydrogen (secondary N) is 2. The molecule has 5 aromatic rings. The Balaban J connectivity index is 1.21. The number of benzene rings is 5. The predicted octanol–water partition coefficient (Wildman–Crippen LogP) is 9.05. The van der Waals surface area contributed by atoms with Gasteiger partial charge in [0.15, 0.2) is 0 Å². The first-order valence-corrected chi connectivity index (χ1v) is 14.3. The van der Waals surface area contributed by atoms with Crippen LogP contribution in [-0.2, 0) is 0 Å². The van der Waals surface area contributed by atoms with Crippen LogP contribution in [0.5, 0.6) is 0 Å². The molecule has 0 unspecified atom stereocenters. The predicted molar refractivity (Wildman–Crippen MR) is 170 cm³/mol. The molecular formula is C38H30N2. The van der Waals surface area contributed by atoms with Gasteiger partial charge in [-0.05, 0) is 121 Å². The maximum Gasteiger partial charge on any atom is 0.0401 e. The van der Waals surface area contributed by atoms with Gasteiger partial charge < -0.3 is 10.6 Å². The summed E-state index contributed by atoms with van der Waals surface area (Å²) in [4.78, 5) is 0. The molecular weight excluding hydrogens is 484 g/mol. The van der Waals surface area contributed by atoms with Crippen LogP contribution in [0.1, 0.15) is 24.0 Å². The molecule has 0 radical (unpaired) electrons. The van der Waals surface area contributed by atoms with E-state index in [1.54, 1.807) is 0 Å². The van der Waals surface area contributed by atoms with Gasteiger partial charge in [0.05, 0.1) is 0 Å². The normalized spacial score (nSPS) is 15.2. The van der Waals surface area contributed by atoms with E-state index in [9.17, 15) is 0 Å². The average molecular weight is 515 g/mol. The zero-order chi connectivity index (χ0) is 26.5. The van der Waals surface area contributed by atoms with Crippen molar-refractivity contribution in [2.75, 3.05) is 13.1 Å². The lowest BCUT2D eigenvalue weighted by molar-refractivity contribution is 0.739. The van der Waals surface area contributed by atoms with Crippen LogP contribution in [-0.4, -0.2) is 13.1 Å². The Bertz CT molecular complexity index is 1860. The summed E-state index contributed by atoms with van der Waals surface area (Å²) < 4.78 is 0. The van der Waals surface area contributed by atoms with Gasteiger partial charge in [-0.2, -0.15) is 0 Å². The van der Waals surface area contributed by atoms with Crippen molar-refractivity contribution >= 4 is 21.9 Å². The third-order valence-electron chi connectivity index (χ3n) is 8.60. The zero-order valence-electron chi connectivity index (χ0n) is 22.4. The van der Waals surface area contributed by atoms with Crippen molar-refractivity contribution in [1.29, 1.82) is 0 Å². The molecule has 2 heteroatoms. The topological polar surface area (TPSA) is 24.1 Å². The van der Waals surface area contributed by atoms with E-state index in [2.05, 4.69) is 126 Å². The summed E-state index contributed by atoms with van der Waals surface area (Å²) in [6.45, 7) is 1.91. The van der Waals surface area contributed by atoms with Gasteiger partial charge in [0, 0.05) is 19.3 Å². The first-order chi connectivity index (χ1) is 19.8. The first-order valence-electron chi connectivity index (χ1n) is 14.3. The Kier molecular flexibility index (Phi) is 5.44. The minimum atomic E-state index is 0.852. The summed E-state index contributed by atoms with van der Waals surface area (Å²) in [7, 11) is 0. The molecule has 0 aromatic heterocycles. The van der Waals surface area contributed by atoms with Crippen molar-refractivity contribution < 1.29 is 0 Å². The van der Waals surface area contributed by atoms with E-state index in [0.29, 0.717) is 0 Å². The highest BCUT2D eigenvalue weighted by Gasteiger charge is 2.22.